The van der Waals surface area contributed by atoms with Gasteiger partial charge in [-0.2, -0.15) is 5.10 Å². The molecule has 0 fully saturated rings. The summed E-state index contributed by atoms with van der Waals surface area (Å²) in [5.74, 6) is 0.997. The van der Waals surface area contributed by atoms with Crippen LogP contribution >= 0.6 is 0 Å². The number of aryl methyl sites for hydroxylation is 2. The SMILES string of the molecule is Cc1ccnn1-c1ccccc1NCc1nccn1C. The highest BCUT2D eigenvalue weighted by atomic mass is 15.3. The molecule has 0 saturated heterocycles. The zero-order valence-corrected chi connectivity index (χ0v) is 11.6. The van der Waals surface area contributed by atoms with Crippen LogP contribution in [-0.4, -0.2) is 19.3 Å². The lowest BCUT2D eigenvalue weighted by Crippen LogP contribution is -2.09. The number of rotatable bonds is 4. The number of hydrogen-bond acceptors (Lipinski definition) is 3. The first-order valence-electron chi connectivity index (χ1n) is 6.56. The Hall–Kier alpha value is -2.56. The summed E-state index contributed by atoms with van der Waals surface area (Å²) in [7, 11) is 1.99. The number of benzene rings is 1. The van der Waals surface area contributed by atoms with Crippen molar-refractivity contribution in [1.82, 2.24) is 19.3 Å². The van der Waals surface area contributed by atoms with Gasteiger partial charge >= 0.3 is 0 Å². The van der Waals surface area contributed by atoms with Gasteiger partial charge in [0.2, 0.25) is 0 Å². The summed E-state index contributed by atoms with van der Waals surface area (Å²) in [4.78, 5) is 4.32. The second-order valence-corrected chi connectivity index (χ2v) is 4.71. The average Bonchev–Trinajstić information content (AvgIpc) is 3.06. The van der Waals surface area contributed by atoms with E-state index in [0.29, 0.717) is 6.54 Å². The Morgan fingerprint density at radius 1 is 1.15 bits per heavy atom. The van der Waals surface area contributed by atoms with Gasteiger partial charge in [0.05, 0.1) is 17.9 Å². The molecule has 0 aliphatic carbocycles. The molecule has 0 radical (unpaired) electrons. The second-order valence-electron chi connectivity index (χ2n) is 4.71. The minimum atomic E-state index is 0.681. The zero-order chi connectivity index (χ0) is 13.9. The van der Waals surface area contributed by atoms with E-state index in [1.165, 1.54) is 0 Å². The molecule has 0 aliphatic heterocycles. The fourth-order valence-electron chi connectivity index (χ4n) is 2.17. The number of imidazole rings is 1. The molecule has 2 heterocycles. The third-order valence-electron chi connectivity index (χ3n) is 3.32. The molecular weight excluding hydrogens is 250 g/mol. The summed E-state index contributed by atoms with van der Waals surface area (Å²) < 4.78 is 3.94. The van der Waals surface area contributed by atoms with Crippen LogP contribution in [0.15, 0.2) is 48.9 Å². The van der Waals surface area contributed by atoms with Crippen LogP contribution in [0.4, 0.5) is 5.69 Å². The highest BCUT2D eigenvalue weighted by Gasteiger charge is 2.07. The lowest BCUT2D eigenvalue weighted by molar-refractivity contribution is 0.808. The predicted octanol–water partition coefficient (Wildman–Crippen LogP) is 2.53. The van der Waals surface area contributed by atoms with Gasteiger partial charge < -0.3 is 9.88 Å². The maximum atomic E-state index is 4.37. The van der Waals surface area contributed by atoms with Crippen molar-refractivity contribution >= 4 is 5.69 Å². The fourth-order valence-corrected chi connectivity index (χ4v) is 2.17. The molecule has 3 rings (SSSR count). The molecule has 5 heteroatoms. The third kappa shape index (κ3) is 2.30. The van der Waals surface area contributed by atoms with Crippen molar-refractivity contribution in [2.75, 3.05) is 5.32 Å². The van der Waals surface area contributed by atoms with E-state index in [2.05, 4.69) is 27.5 Å². The molecule has 0 unspecified atom stereocenters. The number of anilines is 1. The van der Waals surface area contributed by atoms with Gasteiger partial charge in [0.15, 0.2) is 0 Å². The normalized spacial score (nSPS) is 10.7. The van der Waals surface area contributed by atoms with Gasteiger partial charge in [0, 0.05) is 31.3 Å². The maximum Gasteiger partial charge on any atom is 0.127 e. The van der Waals surface area contributed by atoms with E-state index in [1.807, 2.05) is 53.8 Å². The lowest BCUT2D eigenvalue weighted by atomic mass is 10.2. The average molecular weight is 267 g/mol. The molecule has 0 bridgehead atoms. The third-order valence-corrected chi connectivity index (χ3v) is 3.32. The summed E-state index contributed by atoms with van der Waals surface area (Å²) in [6.45, 7) is 2.73. The molecule has 0 saturated carbocycles. The number of hydrogen-bond donors (Lipinski definition) is 1. The van der Waals surface area contributed by atoms with Crippen LogP contribution in [0.2, 0.25) is 0 Å². The molecular formula is C15H17N5. The number of aromatic nitrogens is 4. The molecule has 0 spiro atoms. The first-order chi connectivity index (χ1) is 9.75. The van der Waals surface area contributed by atoms with Gasteiger partial charge in [-0.1, -0.05) is 12.1 Å². The largest absolute Gasteiger partial charge is 0.376 e. The van der Waals surface area contributed by atoms with E-state index < -0.39 is 0 Å². The van der Waals surface area contributed by atoms with E-state index in [1.54, 1.807) is 6.20 Å². The van der Waals surface area contributed by atoms with E-state index in [0.717, 1.165) is 22.9 Å². The van der Waals surface area contributed by atoms with Gasteiger partial charge in [0.1, 0.15) is 5.82 Å². The van der Waals surface area contributed by atoms with Gasteiger partial charge in [-0.3, -0.25) is 0 Å². The van der Waals surface area contributed by atoms with Crippen molar-refractivity contribution in [3.63, 3.8) is 0 Å². The highest BCUT2D eigenvalue weighted by molar-refractivity contribution is 5.61. The van der Waals surface area contributed by atoms with E-state index >= 15 is 0 Å². The molecule has 1 aromatic carbocycles. The van der Waals surface area contributed by atoms with Crippen molar-refractivity contribution in [2.24, 2.45) is 7.05 Å². The molecule has 1 N–H and O–H groups in total. The number of para-hydroxylation sites is 2. The maximum absolute atomic E-state index is 4.37. The molecule has 102 valence electrons. The molecule has 3 aromatic rings. The first-order valence-corrected chi connectivity index (χ1v) is 6.56. The Morgan fingerprint density at radius 2 is 2.00 bits per heavy atom. The van der Waals surface area contributed by atoms with Crippen LogP contribution < -0.4 is 5.32 Å². The van der Waals surface area contributed by atoms with Crippen molar-refractivity contribution in [3.8, 4) is 5.69 Å². The fraction of sp³-hybridized carbons (Fsp3) is 0.200. The van der Waals surface area contributed by atoms with Crippen LogP contribution in [0.5, 0.6) is 0 Å². The van der Waals surface area contributed by atoms with Gasteiger partial charge in [-0.05, 0) is 25.1 Å². The molecule has 0 aliphatic rings. The Labute approximate surface area is 117 Å². The highest BCUT2D eigenvalue weighted by Crippen LogP contribution is 2.21. The standard InChI is InChI=1S/C15H17N5/c1-12-7-8-18-20(12)14-6-4-3-5-13(14)17-11-15-16-9-10-19(15)2/h3-10,17H,11H2,1-2H3. The molecule has 2 aromatic heterocycles. The van der Waals surface area contributed by atoms with Crippen molar-refractivity contribution in [1.29, 1.82) is 0 Å². The second kappa shape index (κ2) is 5.21. The van der Waals surface area contributed by atoms with Crippen molar-refractivity contribution < 1.29 is 0 Å². The van der Waals surface area contributed by atoms with Crippen LogP contribution in [0, 0.1) is 6.92 Å². The van der Waals surface area contributed by atoms with Crippen LogP contribution in [0.1, 0.15) is 11.5 Å². The van der Waals surface area contributed by atoms with Crippen LogP contribution in [0.25, 0.3) is 5.69 Å². The van der Waals surface area contributed by atoms with Crippen molar-refractivity contribution in [3.05, 3.63) is 60.4 Å². The van der Waals surface area contributed by atoms with Gasteiger partial charge in [-0.15, -0.1) is 0 Å². The van der Waals surface area contributed by atoms with E-state index in [-0.39, 0.29) is 0 Å². The molecule has 5 nitrogen and oxygen atoms in total. The minimum absolute atomic E-state index is 0.681. The monoisotopic (exact) mass is 267 g/mol. The summed E-state index contributed by atoms with van der Waals surface area (Å²) in [5.41, 5.74) is 3.20. The Bertz CT molecular complexity index is 710. The Kier molecular flexibility index (Phi) is 3.25. The van der Waals surface area contributed by atoms with Crippen LogP contribution in [-0.2, 0) is 13.6 Å². The van der Waals surface area contributed by atoms with E-state index in [9.17, 15) is 0 Å². The Balaban J connectivity index is 1.87. The summed E-state index contributed by atoms with van der Waals surface area (Å²) in [6.07, 6.45) is 5.56. The number of nitrogens with one attached hydrogen (secondary N) is 1. The lowest BCUT2D eigenvalue weighted by Gasteiger charge is -2.13. The summed E-state index contributed by atoms with van der Waals surface area (Å²) in [6, 6.07) is 10.1. The topological polar surface area (TPSA) is 47.7 Å². The minimum Gasteiger partial charge on any atom is -0.376 e. The number of nitrogens with zero attached hydrogens (tertiary/aromatic N) is 4. The summed E-state index contributed by atoms with van der Waals surface area (Å²) >= 11 is 0. The molecule has 0 amide bonds. The molecule has 20 heavy (non-hydrogen) atoms. The predicted molar refractivity (Wildman–Crippen MR) is 78.8 cm³/mol. The molecule has 0 atom stereocenters. The van der Waals surface area contributed by atoms with Crippen LogP contribution in [0.3, 0.4) is 0 Å². The zero-order valence-electron chi connectivity index (χ0n) is 11.6. The Morgan fingerprint density at radius 3 is 2.70 bits per heavy atom. The smallest absolute Gasteiger partial charge is 0.127 e. The quantitative estimate of drug-likeness (QED) is 0.790. The van der Waals surface area contributed by atoms with Crippen molar-refractivity contribution in [2.45, 2.75) is 13.5 Å². The van der Waals surface area contributed by atoms with E-state index in [4.69, 9.17) is 0 Å². The first kappa shape index (κ1) is 12.5. The van der Waals surface area contributed by atoms with Gasteiger partial charge in [0.25, 0.3) is 0 Å². The van der Waals surface area contributed by atoms with Gasteiger partial charge in [-0.25, -0.2) is 9.67 Å². The summed E-state index contributed by atoms with van der Waals surface area (Å²) in [5, 5.41) is 7.79.